The molecule has 7 heteroatoms. The van der Waals surface area contributed by atoms with E-state index in [4.69, 9.17) is 15.9 Å². The quantitative estimate of drug-likeness (QED) is 0.612. The van der Waals surface area contributed by atoms with Crippen LogP contribution in [0.2, 0.25) is 0 Å². The van der Waals surface area contributed by atoms with Crippen molar-refractivity contribution >= 4 is 21.5 Å². The number of amidine groups is 1. The minimum Gasteiger partial charge on any atom is -0.388 e. The number of nitrogens with zero attached hydrogens (tertiary/aromatic N) is 1. The number of nitrogens with two attached hydrogens (primary N) is 1. The standard InChI is InChI=1S/C14H21N3O3S/c15-14(16)6-9-17(12-4-2-1-3-5-12)21(18,19)13-7-10-20-11-8-13/h1-5,13H,6-11H2,(H3,15,16). The van der Waals surface area contributed by atoms with Gasteiger partial charge in [0.15, 0.2) is 0 Å². The van der Waals surface area contributed by atoms with Gasteiger partial charge in [-0.05, 0) is 25.0 Å². The highest BCUT2D eigenvalue weighted by molar-refractivity contribution is 7.93. The van der Waals surface area contributed by atoms with Crippen LogP contribution in [0.5, 0.6) is 0 Å². The molecule has 1 saturated heterocycles. The minimum atomic E-state index is -3.47. The van der Waals surface area contributed by atoms with Crippen molar-refractivity contribution < 1.29 is 13.2 Å². The lowest BCUT2D eigenvalue weighted by molar-refractivity contribution is 0.0983. The first-order chi connectivity index (χ1) is 10.0. The fraction of sp³-hybridized carbons (Fsp3) is 0.500. The van der Waals surface area contributed by atoms with Crippen molar-refractivity contribution in [2.45, 2.75) is 24.5 Å². The molecule has 0 spiro atoms. The Hall–Kier alpha value is -1.60. The van der Waals surface area contributed by atoms with Crippen molar-refractivity contribution in [2.75, 3.05) is 24.1 Å². The molecule has 3 N–H and O–H groups in total. The van der Waals surface area contributed by atoms with Gasteiger partial charge in [0, 0.05) is 26.2 Å². The summed E-state index contributed by atoms with van der Waals surface area (Å²) in [5, 5.41) is 6.90. The van der Waals surface area contributed by atoms with Gasteiger partial charge in [0.05, 0.1) is 16.8 Å². The largest absolute Gasteiger partial charge is 0.388 e. The zero-order chi connectivity index (χ0) is 15.3. The molecule has 1 aliphatic rings. The van der Waals surface area contributed by atoms with E-state index in [-0.39, 0.29) is 18.8 Å². The first-order valence-corrected chi connectivity index (χ1v) is 8.49. The normalized spacial score (nSPS) is 16.6. The maximum absolute atomic E-state index is 12.9. The summed E-state index contributed by atoms with van der Waals surface area (Å²) in [6.45, 7) is 1.14. The Morgan fingerprint density at radius 1 is 1.29 bits per heavy atom. The maximum Gasteiger partial charge on any atom is 0.238 e. The molecule has 0 radical (unpaired) electrons. The van der Waals surface area contributed by atoms with Crippen LogP contribution in [0.25, 0.3) is 0 Å². The third-order valence-corrected chi connectivity index (χ3v) is 5.85. The smallest absolute Gasteiger partial charge is 0.238 e. The molecule has 116 valence electrons. The molecule has 1 aromatic rings. The van der Waals surface area contributed by atoms with Crippen LogP contribution in [-0.2, 0) is 14.8 Å². The molecule has 0 saturated carbocycles. The van der Waals surface area contributed by atoms with Gasteiger partial charge < -0.3 is 10.5 Å². The molecule has 1 aliphatic heterocycles. The Labute approximate surface area is 125 Å². The average Bonchev–Trinajstić information content (AvgIpc) is 2.49. The number of para-hydroxylation sites is 1. The van der Waals surface area contributed by atoms with Crippen molar-refractivity contribution in [3.8, 4) is 0 Å². The predicted molar refractivity (Wildman–Crippen MR) is 83.1 cm³/mol. The summed E-state index contributed by atoms with van der Waals surface area (Å²) in [5.74, 6) is -0.0156. The van der Waals surface area contributed by atoms with Crippen LogP contribution < -0.4 is 10.0 Å². The Morgan fingerprint density at radius 3 is 2.48 bits per heavy atom. The average molecular weight is 311 g/mol. The van der Waals surface area contributed by atoms with Crippen LogP contribution in [-0.4, -0.2) is 39.3 Å². The van der Waals surface area contributed by atoms with E-state index in [0.29, 0.717) is 31.7 Å². The topological polar surface area (TPSA) is 96.5 Å². The molecule has 0 aromatic heterocycles. The van der Waals surface area contributed by atoms with Crippen LogP contribution in [0.4, 0.5) is 5.69 Å². The molecule has 0 amide bonds. The van der Waals surface area contributed by atoms with Crippen molar-refractivity contribution in [1.82, 2.24) is 0 Å². The van der Waals surface area contributed by atoms with Crippen LogP contribution in [0, 0.1) is 5.41 Å². The number of ether oxygens (including phenoxy) is 1. The number of hydrogen-bond acceptors (Lipinski definition) is 4. The molecular formula is C14H21N3O3S. The fourth-order valence-electron chi connectivity index (χ4n) is 2.37. The van der Waals surface area contributed by atoms with Gasteiger partial charge in [-0.3, -0.25) is 9.71 Å². The third-order valence-electron chi connectivity index (χ3n) is 3.53. The molecule has 0 bridgehead atoms. The van der Waals surface area contributed by atoms with Gasteiger partial charge in [-0.1, -0.05) is 18.2 Å². The van der Waals surface area contributed by atoms with E-state index in [1.54, 1.807) is 24.3 Å². The second-order valence-corrected chi connectivity index (χ2v) is 7.18. The Morgan fingerprint density at radius 2 is 1.90 bits per heavy atom. The van der Waals surface area contributed by atoms with Crippen LogP contribution >= 0.6 is 0 Å². The van der Waals surface area contributed by atoms with Gasteiger partial charge in [-0.15, -0.1) is 0 Å². The number of sulfonamides is 1. The highest BCUT2D eigenvalue weighted by atomic mass is 32.2. The molecule has 6 nitrogen and oxygen atoms in total. The Balaban J connectivity index is 2.27. The molecular weight excluding hydrogens is 290 g/mol. The summed E-state index contributed by atoms with van der Waals surface area (Å²) in [7, 11) is -3.47. The highest BCUT2D eigenvalue weighted by Crippen LogP contribution is 2.25. The number of benzene rings is 1. The third kappa shape index (κ3) is 3.95. The van der Waals surface area contributed by atoms with Gasteiger partial charge in [-0.2, -0.15) is 0 Å². The summed E-state index contributed by atoms with van der Waals surface area (Å²) >= 11 is 0. The Kier molecular flexibility index (Phi) is 5.19. The zero-order valence-corrected chi connectivity index (χ0v) is 12.7. The van der Waals surface area contributed by atoms with E-state index in [1.807, 2.05) is 6.07 Å². The van der Waals surface area contributed by atoms with Crippen molar-refractivity contribution in [2.24, 2.45) is 5.73 Å². The monoisotopic (exact) mass is 311 g/mol. The molecule has 0 unspecified atom stereocenters. The number of nitrogens with one attached hydrogen (secondary N) is 1. The first kappa shape index (κ1) is 15.8. The fourth-order valence-corrected chi connectivity index (χ4v) is 4.28. The van der Waals surface area contributed by atoms with Gasteiger partial charge in [0.25, 0.3) is 0 Å². The summed E-state index contributed by atoms with van der Waals surface area (Å²) in [5.41, 5.74) is 6.00. The van der Waals surface area contributed by atoms with Crippen molar-refractivity contribution in [1.29, 1.82) is 5.41 Å². The summed E-state index contributed by atoms with van der Waals surface area (Å²) in [6, 6.07) is 8.97. The molecule has 21 heavy (non-hydrogen) atoms. The van der Waals surface area contributed by atoms with Crippen LogP contribution in [0.3, 0.4) is 0 Å². The molecule has 2 rings (SSSR count). The van der Waals surface area contributed by atoms with Gasteiger partial charge in [-0.25, -0.2) is 8.42 Å². The van der Waals surface area contributed by atoms with Gasteiger partial charge in [0.1, 0.15) is 0 Å². The zero-order valence-electron chi connectivity index (χ0n) is 11.9. The van der Waals surface area contributed by atoms with E-state index in [9.17, 15) is 8.42 Å². The summed E-state index contributed by atoms with van der Waals surface area (Å²) in [6.07, 6.45) is 1.23. The van der Waals surface area contributed by atoms with E-state index in [0.717, 1.165) is 0 Å². The minimum absolute atomic E-state index is 0.0156. The predicted octanol–water partition coefficient (Wildman–Crippen LogP) is 1.33. The molecule has 1 aromatic carbocycles. The SMILES string of the molecule is N=C(N)CCN(c1ccccc1)S(=O)(=O)C1CCOCC1. The summed E-state index contributed by atoms with van der Waals surface area (Å²) in [4.78, 5) is 0. The molecule has 1 fully saturated rings. The van der Waals surface area contributed by atoms with E-state index >= 15 is 0 Å². The lowest BCUT2D eigenvalue weighted by Gasteiger charge is -2.31. The van der Waals surface area contributed by atoms with Crippen molar-refractivity contribution in [3.05, 3.63) is 30.3 Å². The number of rotatable bonds is 6. The lowest BCUT2D eigenvalue weighted by atomic mass is 10.2. The maximum atomic E-state index is 12.9. The van der Waals surface area contributed by atoms with Crippen molar-refractivity contribution in [3.63, 3.8) is 0 Å². The number of hydrogen-bond donors (Lipinski definition) is 2. The molecule has 1 heterocycles. The van der Waals surface area contributed by atoms with Crippen LogP contribution in [0.1, 0.15) is 19.3 Å². The Bertz CT molecular complexity index is 568. The molecule has 0 aliphatic carbocycles. The van der Waals surface area contributed by atoms with E-state index < -0.39 is 15.3 Å². The number of anilines is 1. The van der Waals surface area contributed by atoms with E-state index in [2.05, 4.69) is 0 Å². The van der Waals surface area contributed by atoms with Gasteiger partial charge in [0.2, 0.25) is 10.0 Å². The second kappa shape index (κ2) is 6.91. The van der Waals surface area contributed by atoms with Gasteiger partial charge >= 0.3 is 0 Å². The summed E-state index contributed by atoms with van der Waals surface area (Å²) < 4.78 is 32.3. The molecule has 0 atom stereocenters. The highest BCUT2D eigenvalue weighted by Gasteiger charge is 2.33. The van der Waals surface area contributed by atoms with Crippen LogP contribution in [0.15, 0.2) is 30.3 Å². The second-order valence-electron chi connectivity index (χ2n) is 5.04. The van der Waals surface area contributed by atoms with E-state index in [1.165, 1.54) is 4.31 Å². The lowest BCUT2D eigenvalue weighted by Crippen LogP contribution is -2.42. The first-order valence-electron chi connectivity index (χ1n) is 6.99.